The Morgan fingerprint density at radius 2 is 0.929 bits per heavy atom. The summed E-state index contributed by atoms with van der Waals surface area (Å²) in [6, 6.07) is 2.82. The van der Waals surface area contributed by atoms with Gasteiger partial charge in [-0.1, -0.05) is 67.2 Å². The van der Waals surface area contributed by atoms with E-state index >= 15 is 0 Å². The molecule has 0 aromatic carbocycles. The standard InChI is InChI=1S/C26H50N2/c1-17(2)21-13-9-11-19(5)25(21)27-23-15-7-8-16-24(23)28-26-20(6)12-10-14-22(26)18(3)4/h17-28H,7-16H2,1-6H3. The third-order valence-corrected chi connectivity index (χ3v) is 8.83. The first-order valence-electron chi connectivity index (χ1n) is 12.9. The Kier molecular flexibility index (Phi) is 8.31. The summed E-state index contributed by atoms with van der Waals surface area (Å²) in [5.41, 5.74) is 0. The van der Waals surface area contributed by atoms with Crippen LogP contribution < -0.4 is 10.6 Å². The lowest BCUT2D eigenvalue weighted by atomic mass is 9.71. The van der Waals surface area contributed by atoms with Crippen LogP contribution in [0.25, 0.3) is 0 Å². The molecule has 2 N–H and O–H groups in total. The Hall–Kier alpha value is -0.0800. The van der Waals surface area contributed by atoms with Gasteiger partial charge in [0.2, 0.25) is 0 Å². The van der Waals surface area contributed by atoms with Gasteiger partial charge in [-0.15, -0.1) is 0 Å². The molecule has 0 heterocycles. The van der Waals surface area contributed by atoms with E-state index in [9.17, 15) is 0 Å². The molecule has 0 aromatic rings. The monoisotopic (exact) mass is 390 g/mol. The molecule has 0 bridgehead atoms. The molecule has 0 amide bonds. The van der Waals surface area contributed by atoms with Crippen LogP contribution in [0.2, 0.25) is 0 Å². The molecule has 0 aromatic heterocycles. The van der Waals surface area contributed by atoms with E-state index in [4.69, 9.17) is 0 Å². The second kappa shape index (κ2) is 10.3. The van der Waals surface area contributed by atoms with Gasteiger partial charge in [0.25, 0.3) is 0 Å². The van der Waals surface area contributed by atoms with Gasteiger partial charge in [-0.05, 0) is 74.0 Å². The maximum absolute atomic E-state index is 4.28. The summed E-state index contributed by atoms with van der Waals surface area (Å²) in [6.45, 7) is 14.8. The van der Waals surface area contributed by atoms with E-state index in [-0.39, 0.29) is 0 Å². The van der Waals surface area contributed by atoms with Crippen LogP contribution in [0.3, 0.4) is 0 Å². The molecule has 2 heteroatoms. The minimum atomic E-state index is 0.683. The lowest BCUT2D eigenvalue weighted by molar-refractivity contribution is 0.0984. The van der Waals surface area contributed by atoms with Crippen LogP contribution in [0.15, 0.2) is 0 Å². The van der Waals surface area contributed by atoms with Gasteiger partial charge in [0.1, 0.15) is 0 Å². The van der Waals surface area contributed by atoms with E-state index < -0.39 is 0 Å². The average molecular weight is 391 g/mol. The molecule has 3 rings (SSSR count). The fourth-order valence-electron chi connectivity index (χ4n) is 7.01. The summed E-state index contributed by atoms with van der Waals surface area (Å²) in [7, 11) is 0. The van der Waals surface area contributed by atoms with Gasteiger partial charge in [0.15, 0.2) is 0 Å². The second-order valence-corrected chi connectivity index (χ2v) is 11.5. The SMILES string of the molecule is CC(C)C1CCCC(C)C1NC1CCCCC1NC1C(C)CCCC1C(C)C. The molecule has 0 aliphatic heterocycles. The molecule has 8 atom stereocenters. The van der Waals surface area contributed by atoms with Crippen LogP contribution in [-0.2, 0) is 0 Å². The predicted molar refractivity (Wildman–Crippen MR) is 123 cm³/mol. The van der Waals surface area contributed by atoms with Crippen LogP contribution in [0.4, 0.5) is 0 Å². The minimum absolute atomic E-state index is 0.683. The zero-order valence-electron chi connectivity index (χ0n) is 19.8. The van der Waals surface area contributed by atoms with Crippen molar-refractivity contribution in [1.82, 2.24) is 10.6 Å². The zero-order valence-corrected chi connectivity index (χ0v) is 19.8. The van der Waals surface area contributed by atoms with Gasteiger partial charge in [-0.25, -0.2) is 0 Å². The molecule has 3 aliphatic carbocycles. The maximum Gasteiger partial charge on any atom is 0.0224 e. The van der Waals surface area contributed by atoms with Crippen molar-refractivity contribution in [3.05, 3.63) is 0 Å². The van der Waals surface area contributed by atoms with Gasteiger partial charge < -0.3 is 10.6 Å². The quantitative estimate of drug-likeness (QED) is 0.548. The van der Waals surface area contributed by atoms with E-state index in [2.05, 4.69) is 52.2 Å². The highest BCUT2D eigenvalue weighted by Crippen LogP contribution is 2.37. The summed E-state index contributed by atoms with van der Waals surface area (Å²) in [5, 5.41) is 8.55. The first kappa shape index (κ1) is 22.6. The van der Waals surface area contributed by atoms with Crippen LogP contribution in [-0.4, -0.2) is 24.2 Å². The van der Waals surface area contributed by atoms with Crippen molar-refractivity contribution < 1.29 is 0 Å². The molecular formula is C26H50N2. The minimum Gasteiger partial charge on any atom is -0.309 e. The largest absolute Gasteiger partial charge is 0.309 e. The topological polar surface area (TPSA) is 24.1 Å². The predicted octanol–water partition coefficient (Wildman–Crippen LogP) is 6.40. The molecule has 0 radical (unpaired) electrons. The third kappa shape index (κ3) is 5.34. The second-order valence-electron chi connectivity index (χ2n) is 11.5. The summed E-state index contributed by atoms with van der Waals surface area (Å²) in [4.78, 5) is 0. The van der Waals surface area contributed by atoms with Crippen LogP contribution in [0.5, 0.6) is 0 Å². The fourth-order valence-corrected chi connectivity index (χ4v) is 7.01. The summed E-state index contributed by atoms with van der Waals surface area (Å²) < 4.78 is 0. The Balaban J connectivity index is 1.69. The Morgan fingerprint density at radius 3 is 1.29 bits per heavy atom. The summed E-state index contributed by atoms with van der Waals surface area (Å²) in [6.07, 6.45) is 14.1. The van der Waals surface area contributed by atoms with Crippen molar-refractivity contribution in [3.8, 4) is 0 Å². The van der Waals surface area contributed by atoms with E-state index in [1.54, 1.807) is 0 Å². The Labute approximate surface area is 176 Å². The average Bonchev–Trinajstić information content (AvgIpc) is 2.65. The van der Waals surface area contributed by atoms with Gasteiger partial charge in [0.05, 0.1) is 0 Å². The van der Waals surface area contributed by atoms with Crippen LogP contribution in [0.1, 0.15) is 106 Å². The number of hydrogen-bond donors (Lipinski definition) is 2. The highest BCUT2D eigenvalue weighted by Gasteiger charge is 2.39. The number of hydrogen-bond acceptors (Lipinski definition) is 2. The highest BCUT2D eigenvalue weighted by molar-refractivity contribution is 4.97. The van der Waals surface area contributed by atoms with E-state index in [1.807, 2.05) is 0 Å². The van der Waals surface area contributed by atoms with E-state index in [0.717, 1.165) is 47.6 Å². The van der Waals surface area contributed by atoms with Crippen LogP contribution >= 0.6 is 0 Å². The van der Waals surface area contributed by atoms with Crippen molar-refractivity contribution in [2.45, 2.75) is 130 Å². The molecule has 3 aliphatic rings. The molecule has 3 saturated carbocycles. The molecular weight excluding hydrogens is 340 g/mol. The van der Waals surface area contributed by atoms with Crippen molar-refractivity contribution in [2.24, 2.45) is 35.5 Å². The van der Waals surface area contributed by atoms with E-state index in [1.165, 1.54) is 64.2 Å². The zero-order chi connectivity index (χ0) is 20.3. The van der Waals surface area contributed by atoms with Crippen molar-refractivity contribution in [3.63, 3.8) is 0 Å². The van der Waals surface area contributed by atoms with Crippen molar-refractivity contribution >= 4 is 0 Å². The highest BCUT2D eigenvalue weighted by atomic mass is 15.1. The van der Waals surface area contributed by atoms with Gasteiger partial charge >= 0.3 is 0 Å². The molecule has 3 fully saturated rings. The maximum atomic E-state index is 4.28. The van der Waals surface area contributed by atoms with Gasteiger partial charge in [-0.3, -0.25) is 0 Å². The van der Waals surface area contributed by atoms with E-state index in [0.29, 0.717) is 12.1 Å². The van der Waals surface area contributed by atoms with Gasteiger partial charge in [0, 0.05) is 24.2 Å². The van der Waals surface area contributed by atoms with Crippen molar-refractivity contribution in [2.75, 3.05) is 0 Å². The lowest BCUT2D eigenvalue weighted by Crippen LogP contribution is -2.61. The normalized spacial score (nSPS) is 42.9. The first-order valence-corrected chi connectivity index (χ1v) is 12.9. The molecule has 2 nitrogen and oxygen atoms in total. The van der Waals surface area contributed by atoms with Gasteiger partial charge in [-0.2, -0.15) is 0 Å². The molecule has 28 heavy (non-hydrogen) atoms. The number of nitrogens with one attached hydrogen (secondary N) is 2. The molecule has 0 spiro atoms. The Morgan fingerprint density at radius 1 is 0.536 bits per heavy atom. The molecule has 8 unspecified atom stereocenters. The summed E-state index contributed by atoms with van der Waals surface area (Å²) >= 11 is 0. The molecule has 0 saturated heterocycles. The third-order valence-electron chi connectivity index (χ3n) is 8.83. The summed E-state index contributed by atoms with van der Waals surface area (Å²) in [5.74, 6) is 5.01. The fraction of sp³-hybridized carbons (Fsp3) is 1.00. The van der Waals surface area contributed by atoms with Crippen molar-refractivity contribution in [1.29, 1.82) is 0 Å². The Bertz CT molecular complexity index is 417. The number of rotatable bonds is 6. The lowest BCUT2D eigenvalue weighted by Gasteiger charge is -2.47. The smallest absolute Gasteiger partial charge is 0.0224 e. The molecule has 164 valence electrons. The first-order chi connectivity index (χ1) is 13.4. The van der Waals surface area contributed by atoms with Crippen LogP contribution in [0, 0.1) is 35.5 Å².